The topological polar surface area (TPSA) is 43.6 Å². The van der Waals surface area contributed by atoms with E-state index in [0.717, 1.165) is 17.5 Å². The molecule has 0 bridgehead atoms. The zero-order valence-corrected chi connectivity index (χ0v) is 18.0. The molecule has 0 atom stereocenters. The van der Waals surface area contributed by atoms with E-state index in [9.17, 15) is 0 Å². The lowest BCUT2D eigenvalue weighted by Gasteiger charge is -2.23. The van der Waals surface area contributed by atoms with Gasteiger partial charge in [-0.2, -0.15) is 5.10 Å². The summed E-state index contributed by atoms with van der Waals surface area (Å²) in [7, 11) is 0. The molecule has 4 heteroatoms. The van der Waals surface area contributed by atoms with Crippen molar-refractivity contribution in [2.24, 2.45) is 0 Å². The van der Waals surface area contributed by atoms with Gasteiger partial charge in [0.1, 0.15) is 0 Å². The minimum atomic E-state index is 0.514. The molecule has 0 N–H and O–H groups in total. The van der Waals surface area contributed by atoms with E-state index < -0.39 is 0 Å². The molecule has 3 aromatic heterocycles. The number of nitrogens with zero attached hydrogens (tertiary/aromatic N) is 4. The van der Waals surface area contributed by atoms with Gasteiger partial charge in [0.15, 0.2) is 0 Å². The number of hydrogen-bond acceptors (Lipinski definition) is 3. The molecule has 0 amide bonds. The van der Waals surface area contributed by atoms with E-state index in [4.69, 9.17) is 5.10 Å². The first-order chi connectivity index (χ1) is 15.3. The Morgan fingerprint density at radius 3 is 2.32 bits per heavy atom. The second-order valence-electron chi connectivity index (χ2n) is 8.34. The Morgan fingerprint density at radius 1 is 0.903 bits per heavy atom. The Hall–Kier alpha value is -3.27. The van der Waals surface area contributed by atoms with Crippen molar-refractivity contribution in [1.82, 2.24) is 19.7 Å². The molecule has 1 aliphatic rings. The second-order valence-corrected chi connectivity index (χ2v) is 8.34. The Morgan fingerprint density at radius 2 is 1.61 bits per heavy atom. The third kappa shape index (κ3) is 4.02. The van der Waals surface area contributed by atoms with Gasteiger partial charge in [-0.05, 0) is 77.9 Å². The molecule has 31 heavy (non-hydrogen) atoms. The van der Waals surface area contributed by atoms with Gasteiger partial charge >= 0.3 is 0 Å². The van der Waals surface area contributed by atoms with Gasteiger partial charge in [0, 0.05) is 30.2 Å². The van der Waals surface area contributed by atoms with Crippen LogP contribution >= 0.6 is 0 Å². The Kier molecular flexibility index (Phi) is 5.61. The minimum Gasteiger partial charge on any atom is -0.265 e. The molecule has 4 aromatic rings. The molecule has 1 aliphatic carbocycles. The van der Waals surface area contributed by atoms with E-state index in [2.05, 4.69) is 58.0 Å². The number of aromatic nitrogens is 4. The standard InChI is InChI=1S/C27H28N4/c1-2-26-24-9-8-22(19-27(24)31(30-26)23-6-4-3-5-7-23)25(21-12-16-29-17-13-21)18-20-10-14-28-15-11-20/h8-19,23H,2-7H2,1H3/b25-18-. The van der Waals surface area contributed by atoms with Crippen molar-refractivity contribution in [2.45, 2.75) is 51.5 Å². The van der Waals surface area contributed by atoms with Gasteiger partial charge in [0.25, 0.3) is 0 Å². The number of aryl methyl sites for hydroxylation is 1. The van der Waals surface area contributed by atoms with Crippen LogP contribution in [0, 0.1) is 0 Å². The molecule has 0 saturated heterocycles. The van der Waals surface area contributed by atoms with Crippen LogP contribution in [-0.2, 0) is 6.42 Å². The molecular formula is C27H28N4. The molecule has 0 unspecified atom stereocenters. The average Bonchev–Trinajstić information content (AvgIpc) is 3.22. The first-order valence-electron chi connectivity index (χ1n) is 11.4. The normalized spacial score (nSPS) is 15.5. The minimum absolute atomic E-state index is 0.514. The number of pyridine rings is 2. The Bertz CT molecular complexity index is 1190. The van der Waals surface area contributed by atoms with Gasteiger partial charge in [-0.1, -0.05) is 38.3 Å². The maximum absolute atomic E-state index is 5.07. The van der Waals surface area contributed by atoms with E-state index in [1.807, 2.05) is 36.9 Å². The summed E-state index contributed by atoms with van der Waals surface area (Å²) in [5.41, 5.74) is 7.15. The van der Waals surface area contributed by atoms with Gasteiger partial charge in [0.05, 0.1) is 17.3 Å². The molecule has 0 aliphatic heterocycles. The highest BCUT2D eigenvalue weighted by Gasteiger charge is 2.20. The summed E-state index contributed by atoms with van der Waals surface area (Å²) in [5, 5.41) is 6.35. The lowest BCUT2D eigenvalue weighted by Crippen LogP contribution is -2.14. The van der Waals surface area contributed by atoms with Gasteiger partial charge in [0.2, 0.25) is 0 Å². The van der Waals surface area contributed by atoms with Crippen molar-refractivity contribution in [1.29, 1.82) is 0 Å². The van der Waals surface area contributed by atoms with Crippen LogP contribution < -0.4 is 0 Å². The lowest BCUT2D eigenvalue weighted by molar-refractivity contribution is 0.336. The summed E-state index contributed by atoms with van der Waals surface area (Å²) in [5.74, 6) is 0. The van der Waals surface area contributed by atoms with Crippen LogP contribution in [0.3, 0.4) is 0 Å². The highest BCUT2D eigenvalue weighted by Crippen LogP contribution is 2.34. The molecule has 5 rings (SSSR count). The van der Waals surface area contributed by atoms with E-state index >= 15 is 0 Å². The molecule has 0 radical (unpaired) electrons. The van der Waals surface area contributed by atoms with E-state index in [1.54, 1.807) is 0 Å². The highest BCUT2D eigenvalue weighted by molar-refractivity contribution is 5.95. The van der Waals surface area contributed by atoms with Crippen LogP contribution in [0.25, 0.3) is 22.6 Å². The lowest BCUT2D eigenvalue weighted by atomic mass is 9.94. The first kappa shape index (κ1) is 19.7. The number of rotatable bonds is 5. The van der Waals surface area contributed by atoms with Crippen molar-refractivity contribution in [3.05, 3.63) is 89.6 Å². The van der Waals surface area contributed by atoms with E-state index in [0.29, 0.717) is 6.04 Å². The molecule has 1 saturated carbocycles. The smallest absolute Gasteiger partial charge is 0.0700 e. The summed E-state index contributed by atoms with van der Waals surface area (Å²) >= 11 is 0. The molecule has 156 valence electrons. The monoisotopic (exact) mass is 408 g/mol. The van der Waals surface area contributed by atoms with Gasteiger partial charge in [-0.25, -0.2) is 0 Å². The van der Waals surface area contributed by atoms with Gasteiger partial charge in [-0.3, -0.25) is 14.6 Å². The van der Waals surface area contributed by atoms with Crippen molar-refractivity contribution < 1.29 is 0 Å². The van der Waals surface area contributed by atoms with Crippen molar-refractivity contribution >= 4 is 22.6 Å². The van der Waals surface area contributed by atoms with Crippen molar-refractivity contribution in [3.8, 4) is 0 Å². The van der Waals surface area contributed by atoms with Crippen LogP contribution in [0.2, 0.25) is 0 Å². The van der Waals surface area contributed by atoms with Gasteiger partial charge in [-0.15, -0.1) is 0 Å². The summed E-state index contributed by atoms with van der Waals surface area (Å²) < 4.78 is 2.33. The number of hydrogen-bond donors (Lipinski definition) is 0. The predicted octanol–water partition coefficient (Wildman–Crippen LogP) is 6.48. The average molecular weight is 409 g/mol. The summed E-state index contributed by atoms with van der Waals surface area (Å²) in [6, 6.07) is 15.6. The van der Waals surface area contributed by atoms with Crippen LogP contribution in [0.15, 0.2) is 67.3 Å². The van der Waals surface area contributed by atoms with Crippen molar-refractivity contribution in [2.75, 3.05) is 0 Å². The first-order valence-corrected chi connectivity index (χ1v) is 11.4. The maximum atomic E-state index is 5.07. The zero-order valence-electron chi connectivity index (χ0n) is 18.0. The largest absolute Gasteiger partial charge is 0.265 e. The van der Waals surface area contributed by atoms with Crippen LogP contribution in [-0.4, -0.2) is 19.7 Å². The Labute approximate surface area is 183 Å². The predicted molar refractivity (Wildman–Crippen MR) is 127 cm³/mol. The van der Waals surface area contributed by atoms with Gasteiger partial charge < -0.3 is 0 Å². The third-order valence-electron chi connectivity index (χ3n) is 6.36. The fraction of sp³-hybridized carbons (Fsp3) is 0.296. The molecule has 1 aromatic carbocycles. The maximum Gasteiger partial charge on any atom is 0.0700 e. The fourth-order valence-corrected chi connectivity index (χ4v) is 4.73. The van der Waals surface area contributed by atoms with Crippen molar-refractivity contribution in [3.63, 3.8) is 0 Å². The van der Waals surface area contributed by atoms with Crippen LogP contribution in [0.4, 0.5) is 0 Å². The molecule has 4 nitrogen and oxygen atoms in total. The fourth-order valence-electron chi connectivity index (χ4n) is 4.73. The SMILES string of the molecule is CCc1nn(C2CCCCC2)c2cc(/C(=C\c3ccncc3)c3ccncc3)ccc12. The summed E-state index contributed by atoms with van der Waals surface area (Å²) in [6.45, 7) is 2.20. The number of fused-ring (bicyclic) bond motifs is 1. The zero-order chi connectivity index (χ0) is 21.0. The second kappa shape index (κ2) is 8.84. The van der Waals surface area contributed by atoms with E-state index in [1.165, 1.54) is 59.8 Å². The number of benzene rings is 1. The summed E-state index contributed by atoms with van der Waals surface area (Å²) in [6.07, 6.45) is 17.0. The van der Waals surface area contributed by atoms with Crippen LogP contribution in [0.5, 0.6) is 0 Å². The highest BCUT2D eigenvalue weighted by atomic mass is 15.3. The molecule has 1 fully saturated rings. The Balaban J connectivity index is 1.67. The van der Waals surface area contributed by atoms with E-state index in [-0.39, 0.29) is 0 Å². The van der Waals surface area contributed by atoms with Crippen LogP contribution in [0.1, 0.15) is 67.5 Å². The summed E-state index contributed by atoms with van der Waals surface area (Å²) in [4.78, 5) is 8.38. The molecule has 0 spiro atoms. The quantitative estimate of drug-likeness (QED) is 0.379. The molecule has 3 heterocycles. The molecular weight excluding hydrogens is 380 g/mol. The third-order valence-corrected chi connectivity index (χ3v) is 6.36.